The Morgan fingerprint density at radius 2 is 2.11 bits per heavy atom. The summed E-state index contributed by atoms with van der Waals surface area (Å²) in [4.78, 5) is 29.0. The number of aromatic nitrogens is 6. The molecule has 2 aliphatic rings. The lowest BCUT2D eigenvalue weighted by atomic mass is 9.97. The van der Waals surface area contributed by atoms with E-state index in [9.17, 15) is 4.79 Å². The van der Waals surface area contributed by atoms with Crippen LogP contribution in [0.1, 0.15) is 44.2 Å². The zero-order chi connectivity index (χ0) is 24.2. The highest BCUT2D eigenvalue weighted by Crippen LogP contribution is 2.40. The van der Waals surface area contributed by atoms with Gasteiger partial charge >= 0.3 is 0 Å². The fourth-order valence-electron chi connectivity index (χ4n) is 4.53. The van der Waals surface area contributed by atoms with Crippen LogP contribution in [-0.4, -0.2) is 47.5 Å². The first kappa shape index (κ1) is 22.1. The maximum absolute atomic E-state index is 13.5. The Morgan fingerprint density at radius 3 is 2.94 bits per heavy atom. The van der Waals surface area contributed by atoms with Crippen molar-refractivity contribution in [2.24, 2.45) is 0 Å². The fraction of sp³-hybridized carbons (Fsp3) is 0.348. The second-order valence-electron chi connectivity index (χ2n) is 9.17. The highest BCUT2D eigenvalue weighted by molar-refractivity contribution is 6.34. The fourth-order valence-corrected chi connectivity index (χ4v) is 4.84. The highest BCUT2D eigenvalue weighted by atomic mass is 35.5. The molecular formula is C23H23Cl2N9O. The normalized spacial score (nSPS) is 19.9. The predicted octanol–water partition coefficient (Wildman–Crippen LogP) is 4.77. The van der Waals surface area contributed by atoms with Gasteiger partial charge in [-0.15, -0.1) is 0 Å². The minimum atomic E-state index is -0.890. The molecule has 1 atom stereocenters. The van der Waals surface area contributed by atoms with Crippen molar-refractivity contribution < 1.29 is 4.79 Å². The van der Waals surface area contributed by atoms with Crippen molar-refractivity contribution in [1.29, 1.82) is 0 Å². The highest BCUT2D eigenvalue weighted by Gasteiger charge is 2.45. The van der Waals surface area contributed by atoms with Crippen LogP contribution in [0.5, 0.6) is 0 Å². The molecular weight excluding hydrogens is 489 g/mol. The third-order valence-corrected chi connectivity index (χ3v) is 7.16. The molecule has 1 saturated heterocycles. The van der Waals surface area contributed by atoms with Crippen LogP contribution in [0, 0.1) is 0 Å². The van der Waals surface area contributed by atoms with E-state index in [0.717, 1.165) is 12.1 Å². The molecule has 1 saturated carbocycles. The Balaban J connectivity index is 1.32. The molecule has 35 heavy (non-hydrogen) atoms. The number of hydrogen-bond acceptors (Lipinski definition) is 7. The van der Waals surface area contributed by atoms with Crippen LogP contribution < -0.4 is 15.5 Å². The van der Waals surface area contributed by atoms with E-state index in [-0.39, 0.29) is 11.1 Å². The molecule has 1 aliphatic heterocycles. The number of rotatable bonds is 6. The van der Waals surface area contributed by atoms with Gasteiger partial charge in [-0.1, -0.05) is 23.2 Å². The van der Waals surface area contributed by atoms with Gasteiger partial charge < -0.3 is 15.5 Å². The Hall–Kier alpha value is -3.37. The van der Waals surface area contributed by atoms with Gasteiger partial charge in [0.15, 0.2) is 11.0 Å². The maximum Gasteiger partial charge on any atom is 0.250 e. The second-order valence-corrected chi connectivity index (χ2v) is 9.96. The van der Waals surface area contributed by atoms with E-state index in [1.54, 1.807) is 6.07 Å². The zero-order valence-electron chi connectivity index (χ0n) is 18.9. The summed E-state index contributed by atoms with van der Waals surface area (Å²) in [5, 5.41) is 14.3. The lowest BCUT2D eigenvalue weighted by Gasteiger charge is -2.34. The summed E-state index contributed by atoms with van der Waals surface area (Å²) in [6.45, 7) is 2.52. The number of nitrogens with zero attached hydrogens (tertiary/aromatic N) is 6. The van der Waals surface area contributed by atoms with Gasteiger partial charge in [0.1, 0.15) is 11.2 Å². The molecule has 1 aliphatic carbocycles. The van der Waals surface area contributed by atoms with Crippen LogP contribution in [0.15, 0.2) is 36.7 Å². The second kappa shape index (κ2) is 8.39. The number of anilines is 4. The van der Waals surface area contributed by atoms with Gasteiger partial charge in [-0.3, -0.25) is 14.3 Å². The summed E-state index contributed by atoms with van der Waals surface area (Å²) in [5.41, 5.74) is 1.32. The number of halogens is 2. The molecule has 0 unspecified atom stereocenters. The van der Waals surface area contributed by atoms with Crippen LogP contribution in [-0.2, 0) is 4.79 Å². The van der Waals surface area contributed by atoms with Crippen LogP contribution >= 0.6 is 23.2 Å². The van der Waals surface area contributed by atoms with Crippen LogP contribution in [0.4, 0.5) is 23.4 Å². The zero-order valence-corrected chi connectivity index (χ0v) is 20.4. The first-order chi connectivity index (χ1) is 16.9. The number of H-pyrrole nitrogens is 1. The number of carbonyl (C=O) groups is 1. The van der Waals surface area contributed by atoms with E-state index >= 15 is 0 Å². The van der Waals surface area contributed by atoms with Gasteiger partial charge in [-0.05, 0) is 50.8 Å². The van der Waals surface area contributed by atoms with Gasteiger partial charge in [-0.2, -0.15) is 15.1 Å². The number of hydrogen-bond donors (Lipinski definition) is 3. The van der Waals surface area contributed by atoms with E-state index in [0.29, 0.717) is 53.0 Å². The molecule has 2 fully saturated rings. The Labute approximate surface area is 211 Å². The molecule has 12 heteroatoms. The van der Waals surface area contributed by atoms with E-state index < -0.39 is 5.54 Å². The third kappa shape index (κ3) is 4.06. The summed E-state index contributed by atoms with van der Waals surface area (Å²) in [6.07, 6.45) is 7.15. The molecule has 0 aromatic carbocycles. The average molecular weight is 512 g/mol. The maximum atomic E-state index is 13.5. The molecule has 3 N–H and O–H groups in total. The number of amides is 1. The minimum Gasteiger partial charge on any atom is -0.326 e. The standard InChI is InChI=1S/C23H23Cl2N9O/c1-23(20(35)27-16-10-14(24)12-26-19(16)25)7-3-9-34(23)22-29-18-4-2-8-33(18)21(30-22)28-17-11-15(31-32-17)13-5-6-13/h2,4,8,10-13H,3,5-7,9H2,1H3,(H,27,35)(H2,28,29,30,31,32)/t23-/m0/s1. The quantitative estimate of drug-likeness (QED) is 0.319. The number of aromatic amines is 1. The Bertz CT molecular complexity index is 1430. The molecule has 5 heterocycles. The van der Waals surface area contributed by atoms with Gasteiger partial charge in [0.2, 0.25) is 17.8 Å². The smallest absolute Gasteiger partial charge is 0.250 e. The van der Waals surface area contributed by atoms with Crippen LogP contribution in [0.2, 0.25) is 10.2 Å². The topological polar surface area (TPSA) is 116 Å². The number of pyridine rings is 1. The summed E-state index contributed by atoms with van der Waals surface area (Å²) in [5.74, 6) is 2.06. The van der Waals surface area contributed by atoms with Gasteiger partial charge in [0.25, 0.3) is 0 Å². The minimum absolute atomic E-state index is 0.179. The molecule has 4 aromatic rings. The number of nitrogens with one attached hydrogen (secondary N) is 3. The molecule has 10 nitrogen and oxygen atoms in total. The monoisotopic (exact) mass is 511 g/mol. The van der Waals surface area contributed by atoms with Gasteiger partial charge in [0.05, 0.1) is 10.7 Å². The van der Waals surface area contributed by atoms with Crippen molar-refractivity contribution in [1.82, 2.24) is 29.5 Å². The molecule has 0 radical (unpaired) electrons. The predicted molar refractivity (Wildman–Crippen MR) is 135 cm³/mol. The molecule has 1 amide bonds. The van der Waals surface area contributed by atoms with Crippen LogP contribution in [0.25, 0.3) is 5.65 Å². The largest absolute Gasteiger partial charge is 0.326 e. The first-order valence-corrected chi connectivity index (χ1v) is 12.2. The van der Waals surface area contributed by atoms with Crippen molar-refractivity contribution in [2.45, 2.75) is 44.1 Å². The van der Waals surface area contributed by atoms with Crippen molar-refractivity contribution in [2.75, 3.05) is 22.1 Å². The Morgan fingerprint density at radius 1 is 1.26 bits per heavy atom. The third-order valence-electron chi connectivity index (χ3n) is 6.66. The Kier molecular flexibility index (Phi) is 5.30. The van der Waals surface area contributed by atoms with E-state index in [1.807, 2.05) is 40.6 Å². The van der Waals surface area contributed by atoms with Crippen molar-refractivity contribution in [3.05, 3.63) is 52.5 Å². The van der Waals surface area contributed by atoms with E-state index in [2.05, 4.69) is 25.8 Å². The van der Waals surface area contributed by atoms with Crippen molar-refractivity contribution >= 4 is 58.2 Å². The van der Waals surface area contributed by atoms with E-state index in [4.69, 9.17) is 33.2 Å². The average Bonchev–Trinajstić information content (AvgIpc) is 3.20. The summed E-state index contributed by atoms with van der Waals surface area (Å²) < 4.78 is 1.86. The van der Waals surface area contributed by atoms with E-state index in [1.165, 1.54) is 19.0 Å². The molecule has 0 spiro atoms. The SMILES string of the molecule is C[C@@]1(C(=O)Nc2cc(Cl)cnc2Cl)CCCN1c1nc(Nc2cc(C3CC3)[nH]n2)n2cccc2n1. The molecule has 4 aromatic heterocycles. The summed E-state index contributed by atoms with van der Waals surface area (Å²) in [6, 6.07) is 7.41. The van der Waals surface area contributed by atoms with Crippen molar-refractivity contribution in [3.8, 4) is 0 Å². The lowest BCUT2D eigenvalue weighted by molar-refractivity contribution is -0.120. The number of carbonyl (C=O) groups excluding carboxylic acids is 1. The summed E-state index contributed by atoms with van der Waals surface area (Å²) in [7, 11) is 0. The molecule has 6 rings (SSSR count). The van der Waals surface area contributed by atoms with Crippen LogP contribution in [0.3, 0.4) is 0 Å². The molecule has 0 bridgehead atoms. The lowest BCUT2D eigenvalue weighted by Crippen LogP contribution is -2.51. The number of fused-ring (bicyclic) bond motifs is 1. The van der Waals surface area contributed by atoms with Crippen molar-refractivity contribution in [3.63, 3.8) is 0 Å². The molecule has 180 valence electrons. The van der Waals surface area contributed by atoms with Gasteiger partial charge in [-0.25, -0.2) is 4.98 Å². The summed E-state index contributed by atoms with van der Waals surface area (Å²) >= 11 is 12.2. The first-order valence-electron chi connectivity index (χ1n) is 11.5. The van der Waals surface area contributed by atoms with Gasteiger partial charge in [0, 0.05) is 36.6 Å².